The minimum atomic E-state index is 1.02. The summed E-state index contributed by atoms with van der Waals surface area (Å²) in [6.07, 6.45) is 4.38. The third kappa shape index (κ3) is 3.56. The number of aromatic nitrogens is 1. The highest BCUT2D eigenvalue weighted by atomic mass is 14.7. The van der Waals surface area contributed by atoms with Crippen LogP contribution >= 0.6 is 0 Å². The summed E-state index contributed by atoms with van der Waals surface area (Å²) in [4.78, 5) is 5.23. The van der Waals surface area contributed by atoms with Crippen molar-refractivity contribution >= 4 is 71.0 Å². The van der Waals surface area contributed by atoms with E-state index in [0.29, 0.717) is 0 Å². The fraction of sp³-hybridized carbons (Fsp3) is 0.0465. The number of aryl methyl sites for hydroxylation is 1. The minimum Gasteiger partial charge on any atom is -0.248 e. The van der Waals surface area contributed by atoms with Gasteiger partial charge in [0.05, 0.1) is 11.0 Å². The lowest BCUT2D eigenvalue weighted by molar-refractivity contribution is 1.43. The summed E-state index contributed by atoms with van der Waals surface area (Å²) in [6, 6.07) is 46.9. The van der Waals surface area contributed by atoms with Crippen molar-refractivity contribution in [2.45, 2.75) is 13.8 Å². The molecule has 0 atom stereocenters. The van der Waals surface area contributed by atoms with Gasteiger partial charge in [0.2, 0.25) is 0 Å². The highest BCUT2D eigenvalue weighted by Crippen LogP contribution is 2.44. The van der Waals surface area contributed by atoms with Gasteiger partial charge in [-0.3, -0.25) is 0 Å². The first-order chi connectivity index (χ1) is 21.7. The Balaban J connectivity index is 1.40. The molecule has 0 bridgehead atoms. The molecule has 0 spiro atoms. The second kappa shape index (κ2) is 9.49. The van der Waals surface area contributed by atoms with Gasteiger partial charge in [-0.1, -0.05) is 121 Å². The first kappa shape index (κ1) is 25.0. The standard InChI is InChI=1S/C43H29N/c1-3-8-33-26(2)15-23-37-42(33)41(43-35-14-5-4-9-27(35)20-24-38(43)44-37)32-13-7-12-31(25-32)34-21-18-30-17-16-28-10-6-11-29-19-22-36(34)40(30)39(28)29/h3-25H,1-2H3/b8-3-. The van der Waals surface area contributed by atoms with Gasteiger partial charge in [-0.25, -0.2) is 4.98 Å². The highest BCUT2D eigenvalue weighted by molar-refractivity contribution is 6.26. The Labute approximate surface area is 256 Å². The zero-order valence-corrected chi connectivity index (χ0v) is 24.7. The van der Waals surface area contributed by atoms with Crippen molar-refractivity contribution in [2.24, 2.45) is 0 Å². The maximum absolute atomic E-state index is 5.23. The summed E-state index contributed by atoms with van der Waals surface area (Å²) in [5, 5.41) is 12.7. The van der Waals surface area contributed by atoms with Crippen molar-refractivity contribution in [3.8, 4) is 22.3 Å². The van der Waals surface area contributed by atoms with Gasteiger partial charge in [0.15, 0.2) is 0 Å². The van der Waals surface area contributed by atoms with Crippen molar-refractivity contribution in [2.75, 3.05) is 0 Å². The van der Waals surface area contributed by atoms with Gasteiger partial charge in [0.25, 0.3) is 0 Å². The Hall–Kier alpha value is -5.53. The summed E-state index contributed by atoms with van der Waals surface area (Å²) >= 11 is 0. The van der Waals surface area contributed by atoms with E-state index in [0.717, 1.165) is 11.0 Å². The fourth-order valence-electron chi connectivity index (χ4n) is 7.44. The molecule has 9 aromatic rings. The van der Waals surface area contributed by atoms with Crippen LogP contribution in [0.15, 0.2) is 133 Å². The van der Waals surface area contributed by atoms with E-state index in [2.05, 4.69) is 153 Å². The fourth-order valence-corrected chi connectivity index (χ4v) is 7.44. The van der Waals surface area contributed by atoms with Crippen molar-refractivity contribution in [3.63, 3.8) is 0 Å². The molecule has 206 valence electrons. The number of hydrogen-bond acceptors (Lipinski definition) is 1. The maximum Gasteiger partial charge on any atom is 0.0722 e. The molecule has 8 aromatic carbocycles. The second-order valence-electron chi connectivity index (χ2n) is 11.9. The van der Waals surface area contributed by atoms with Crippen molar-refractivity contribution in [3.05, 3.63) is 145 Å². The summed E-state index contributed by atoms with van der Waals surface area (Å²) in [5.41, 5.74) is 9.46. The summed E-state index contributed by atoms with van der Waals surface area (Å²) in [7, 11) is 0. The third-order valence-corrected chi connectivity index (χ3v) is 9.41. The average Bonchev–Trinajstić information content (AvgIpc) is 3.07. The molecule has 1 nitrogen and oxygen atoms in total. The molecular formula is C43H29N. The van der Waals surface area contributed by atoms with Crippen LogP contribution in [0.5, 0.6) is 0 Å². The Morgan fingerprint density at radius 2 is 1.16 bits per heavy atom. The van der Waals surface area contributed by atoms with E-state index in [9.17, 15) is 0 Å². The van der Waals surface area contributed by atoms with E-state index in [1.807, 2.05) is 0 Å². The van der Waals surface area contributed by atoms with Gasteiger partial charge in [-0.05, 0) is 103 Å². The molecule has 9 rings (SSSR count). The molecule has 0 radical (unpaired) electrons. The van der Waals surface area contributed by atoms with E-state index in [1.54, 1.807) is 0 Å². The van der Waals surface area contributed by atoms with E-state index in [1.165, 1.54) is 87.2 Å². The monoisotopic (exact) mass is 559 g/mol. The number of hydrogen-bond donors (Lipinski definition) is 0. The second-order valence-corrected chi connectivity index (χ2v) is 11.9. The lowest BCUT2D eigenvalue weighted by Crippen LogP contribution is -1.95. The molecule has 0 fully saturated rings. The SMILES string of the molecule is C/C=C\c1c(C)ccc2nc3ccc4ccccc4c3c(-c3cccc(-c4ccc5ccc6cccc7ccc4c5c67)c3)c12. The van der Waals surface area contributed by atoms with Crippen molar-refractivity contribution in [1.82, 2.24) is 4.98 Å². The number of fused-ring (bicyclic) bond motifs is 4. The Bertz CT molecular complexity index is 2610. The molecular weight excluding hydrogens is 530 g/mol. The van der Waals surface area contributed by atoms with E-state index in [-0.39, 0.29) is 0 Å². The van der Waals surface area contributed by atoms with Crippen LogP contribution < -0.4 is 0 Å². The lowest BCUT2D eigenvalue weighted by atomic mass is 9.87. The van der Waals surface area contributed by atoms with Crippen LogP contribution in [-0.4, -0.2) is 4.98 Å². The van der Waals surface area contributed by atoms with Crippen LogP contribution in [-0.2, 0) is 0 Å². The molecule has 1 heterocycles. The average molecular weight is 560 g/mol. The molecule has 44 heavy (non-hydrogen) atoms. The smallest absolute Gasteiger partial charge is 0.0722 e. The molecule has 0 N–H and O–H groups in total. The molecule has 0 saturated heterocycles. The number of allylic oxidation sites excluding steroid dienone is 1. The normalized spacial score (nSPS) is 12.2. The zero-order chi connectivity index (χ0) is 29.4. The van der Waals surface area contributed by atoms with Gasteiger partial charge in [-0.15, -0.1) is 0 Å². The van der Waals surface area contributed by atoms with Gasteiger partial charge >= 0.3 is 0 Å². The predicted octanol–water partition coefficient (Wildman–Crippen LogP) is 12.1. The van der Waals surface area contributed by atoms with Crippen LogP contribution in [0.2, 0.25) is 0 Å². The Kier molecular flexibility index (Phi) is 5.39. The summed E-state index contributed by atoms with van der Waals surface area (Å²) in [5.74, 6) is 0. The first-order valence-electron chi connectivity index (χ1n) is 15.3. The highest BCUT2D eigenvalue weighted by Gasteiger charge is 2.19. The van der Waals surface area contributed by atoms with Gasteiger partial charge in [0.1, 0.15) is 0 Å². The van der Waals surface area contributed by atoms with Gasteiger partial charge in [-0.2, -0.15) is 0 Å². The van der Waals surface area contributed by atoms with Crippen LogP contribution in [0, 0.1) is 6.92 Å². The van der Waals surface area contributed by atoms with Crippen LogP contribution in [0.25, 0.3) is 93.2 Å². The molecule has 0 aliphatic rings. The Morgan fingerprint density at radius 1 is 0.500 bits per heavy atom. The molecule has 1 aromatic heterocycles. The van der Waals surface area contributed by atoms with Crippen LogP contribution in [0.4, 0.5) is 0 Å². The molecule has 0 unspecified atom stereocenters. The summed E-state index contributed by atoms with van der Waals surface area (Å²) in [6.45, 7) is 4.30. The minimum absolute atomic E-state index is 1.02. The van der Waals surface area contributed by atoms with E-state index >= 15 is 0 Å². The van der Waals surface area contributed by atoms with Crippen molar-refractivity contribution in [1.29, 1.82) is 0 Å². The van der Waals surface area contributed by atoms with E-state index in [4.69, 9.17) is 4.98 Å². The van der Waals surface area contributed by atoms with Gasteiger partial charge < -0.3 is 0 Å². The third-order valence-electron chi connectivity index (χ3n) is 9.41. The molecule has 0 aliphatic carbocycles. The number of rotatable bonds is 3. The zero-order valence-electron chi connectivity index (χ0n) is 24.7. The predicted molar refractivity (Wildman–Crippen MR) is 191 cm³/mol. The molecule has 0 saturated carbocycles. The molecule has 1 heteroatoms. The van der Waals surface area contributed by atoms with Crippen LogP contribution in [0.3, 0.4) is 0 Å². The van der Waals surface area contributed by atoms with Crippen LogP contribution in [0.1, 0.15) is 18.1 Å². The Morgan fingerprint density at radius 3 is 2.02 bits per heavy atom. The molecule has 0 amide bonds. The summed E-state index contributed by atoms with van der Waals surface area (Å²) < 4.78 is 0. The molecule has 0 aliphatic heterocycles. The number of benzene rings is 8. The quantitative estimate of drug-likeness (QED) is 0.155. The largest absolute Gasteiger partial charge is 0.248 e. The van der Waals surface area contributed by atoms with Crippen molar-refractivity contribution < 1.29 is 0 Å². The first-order valence-corrected chi connectivity index (χ1v) is 15.3. The lowest BCUT2D eigenvalue weighted by Gasteiger charge is -2.18. The van der Waals surface area contributed by atoms with E-state index < -0.39 is 0 Å². The number of nitrogens with zero attached hydrogens (tertiary/aromatic N) is 1. The topological polar surface area (TPSA) is 12.9 Å². The maximum atomic E-state index is 5.23. The van der Waals surface area contributed by atoms with Gasteiger partial charge in [0, 0.05) is 16.3 Å². The number of pyridine rings is 1.